The van der Waals surface area contributed by atoms with Gasteiger partial charge in [0.25, 0.3) is 0 Å². The standard InChI is InChI=1S/C11H18ClNO4/c1-5-13(6-2)11(15)17-8(4)9(12)10(14)16-7-3/h5-7H2,1-4H3/b9-8+. The van der Waals surface area contributed by atoms with Gasteiger partial charge in [0.2, 0.25) is 0 Å². The third-order valence-electron chi connectivity index (χ3n) is 2.03. The first-order valence-electron chi connectivity index (χ1n) is 5.48. The van der Waals surface area contributed by atoms with Crippen molar-refractivity contribution in [3.63, 3.8) is 0 Å². The number of allylic oxidation sites excluding steroid dienone is 1. The van der Waals surface area contributed by atoms with Crippen molar-refractivity contribution < 1.29 is 19.1 Å². The van der Waals surface area contributed by atoms with Crippen LogP contribution in [0, 0.1) is 0 Å². The van der Waals surface area contributed by atoms with Gasteiger partial charge >= 0.3 is 12.1 Å². The van der Waals surface area contributed by atoms with E-state index < -0.39 is 12.1 Å². The first kappa shape index (κ1) is 15.8. The average molecular weight is 264 g/mol. The maximum absolute atomic E-state index is 11.6. The Balaban J connectivity index is 4.60. The van der Waals surface area contributed by atoms with E-state index in [1.807, 2.05) is 13.8 Å². The first-order chi connectivity index (χ1) is 7.97. The van der Waals surface area contributed by atoms with E-state index in [9.17, 15) is 9.59 Å². The molecule has 17 heavy (non-hydrogen) atoms. The van der Waals surface area contributed by atoms with Gasteiger partial charge in [-0.3, -0.25) is 0 Å². The number of rotatable bonds is 5. The summed E-state index contributed by atoms with van der Waals surface area (Å²) in [5.41, 5.74) is 0. The quantitative estimate of drug-likeness (QED) is 0.434. The van der Waals surface area contributed by atoms with Crippen molar-refractivity contribution in [1.29, 1.82) is 0 Å². The summed E-state index contributed by atoms with van der Waals surface area (Å²) in [5.74, 6) is -0.652. The Morgan fingerprint density at radius 1 is 1.18 bits per heavy atom. The average Bonchev–Trinajstić information content (AvgIpc) is 2.29. The van der Waals surface area contributed by atoms with Crippen LogP contribution in [0.1, 0.15) is 27.7 Å². The smallest absolute Gasteiger partial charge is 0.414 e. The third-order valence-corrected chi connectivity index (χ3v) is 2.45. The fraction of sp³-hybridized carbons (Fsp3) is 0.636. The van der Waals surface area contributed by atoms with Gasteiger partial charge in [0, 0.05) is 13.1 Å². The number of carbonyl (C=O) groups excluding carboxylic acids is 2. The van der Waals surface area contributed by atoms with Gasteiger partial charge in [-0.2, -0.15) is 0 Å². The second-order valence-corrected chi connectivity index (χ2v) is 3.51. The van der Waals surface area contributed by atoms with Crippen molar-refractivity contribution in [2.45, 2.75) is 27.7 Å². The van der Waals surface area contributed by atoms with E-state index in [2.05, 4.69) is 4.74 Å². The van der Waals surface area contributed by atoms with Crippen LogP contribution >= 0.6 is 11.6 Å². The van der Waals surface area contributed by atoms with Gasteiger partial charge in [-0.05, 0) is 27.7 Å². The Kier molecular flexibility index (Phi) is 7.37. The number of halogens is 1. The molecular formula is C11H18ClNO4. The lowest BCUT2D eigenvalue weighted by molar-refractivity contribution is -0.137. The minimum Gasteiger partial charge on any atom is -0.462 e. The van der Waals surface area contributed by atoms with Crippen molar-refractivity contribution in [3.8, 4) is 0 Å². The molecule has 0 aliphatic heterocycles. The van der Waals surface area contributed by atoms with E-state index in [1.54, 1.807) is 6.92 Å². The van der Waals surface area contributed by atoms with Crippen molar-refractivity contribution >= 4 is 23.7 Å². The van der Waals surface area contributed by atoms with Crippen LogP contribution < -0.4 is 0 Å². The van der Waals surface area contributed by atoms with Crippen LogP contribution in [-0.4, -0.2) is 36.7 Å². The maximum Gasteiger partial charge on any atom is 0.414 e. The topological polar surface area (TPSA) is 55.8 Å². The molecule has 0 spiro atoms. The summed E-state index contributed by atoms with van der Waals surface area (Å²) in [4.78, 5) is 24.3. The molecule has 0 saturated heterocycles. The lowest BCUT2D eigenvalue weighted by atomic mass is 10.4. The number of amides is 1. The van der Waals surface area contributed by atoms with E-state index in [1.165, 1.54) is 11.8 Å². The van der Waals surface area contributed by atoms with Crippen molar-refractivity contribution in [3.05, 3.63) is 10.8 Å². The Morgan fingerprint density at radius 2 is 1.71 bits per heavy atom. The lowest BCUT2D eigenvalue weighted by Crippen LogP contribution is -2.31. The van der Waals surface area contributed by atoms with E-state index in [0.29, 0.717) is 13.1 Å². The third kappa shape index (κ3) is 5.08. The van der Waals surface area contributed by atoms with Gasteiger partial charge in [-0.1, -0.05) is 11.6 Å². The van der Waals surface area contributed by atoms with Crippen LogP contribution in [0.15, 0.2) is 10.8 Å². The van der Waals surface area contributed by atoms with Gasteiger partial charge in [0.15, 0.2) is 5.03 Å². The molecule has 0 saturated carbocycles. The van der Waals surface area contributed by atoms with E-state index in [0.717, 1.165) is 0 Å². The molecule has 0 aromatic rings. The van der Waals surface area contributed by atoms with Crippen LogP contribution in [-0.2, 0) is 14.3 Å². The fourth-order valence-corrected chi connectivity index (χ4v) is 1.15. The molecule has 0 heterocycles. The predicted octanol–water partition coefficient (Wildman–Crippen LogP) is 2.50. The SMILES string of the molecule is CCOC(=O)/C(Cl)=C(/C)OC(=O)N(CC)CC. The molecule has 0 radical (unpaired) electrons. The lowest BCUT2D eigenvalue weighted by Gasteiger charge is -2.18. The normalized spacial score (nSPS) is 11.6. The monoisotopic (exact) mass is 263 g/mol. The van der Waals surface area contributed by atoms with E-state index >= 15 is 0 Å². The summed E-state index contributed by atoms with van der Waals surface area (Å²) in [6, 6.07) is 0. The van der Waals surface area contributed by atoms with Crippen LogP contribution in [0.3, 0.4) is 0 Å². The summed E-state index contributed by atoms with van der Waals surface area (Å²) in [5, 5.41) is -0.215. The molecule has 0 atom stereocenters. The van der Waals surface area contributed by atoms with E-state index in [-0.39, 0.29) is 17.4 Å². The number of hydrogen-bond acceptors (Lipinski definition) is 4. The van der Waals surface area contributed by atoms with Crippen LogP contribution in [0.5, 0.6) is 0 Å². The van der Waals surface area contributed by atoms with Gasteiger partial charge in [-0.15, -0.1) is 0 Å². The summed E-state index contributed by atoms with van der Waals surface area (Å²) in [6.45, 7) is 8.04. The molecule has 0 N–H and O–H groups in total. The van der Waals surface area contributed by atoms with Crippen LogP contribution in [0.4, 0.5) is 4.79 Å². The number of carbonyl (C=O) groups is 2. The molecule has 0 unspecified atom stereocenters. The van der Waals surface area contributed by atoms with Crippen molar-refractivity contribution in [2.24, 2.45) is 0 Å². The highest BCUT2D eigenvalue weighted by Gasteiger charge is 2.17. The first-order valence-corrected chi connectivity index (χ1v) is 5.85. The molecule has 5 nitrogen and oxygen atoms in total. The minimum absolute atomic E-state index is 0.0435. The second kappa shape index (κ2) is 7.95. The summed E-state index contributed by atoms with van der Waals surface area (Å²) in [7, 11) is 0. The molecule has 1 amide bonds. The fourth-order valence-electron chi connectivity index (χ4n) is 1.06. The highest BCUT2D eigenvalue weighted by atomic mass is 35.5. The highest BCUT2D eigenvalue weighted by molar-refractivity contribution is 6.41. The predicted molar refractivity (Wildman–Crippen MR) is 64.6 cm³/mol. The number of esters is 1. The van der Waals surface area contributed by atoms with Crippen LogP contribution in [0.2, 0.25) is 0 Å². The molecule has 0 aliphatic carbocycles. The number of hydrogen-bond donors (Lipinski definition) is 0. The molecule has 0 aliphatic rings. The molecule has 0 fully saturated rings. The second-order valence-electron chi connectivity index (χ2n) is 3.13. The zero-order valence-corrected chi connectivity index (χ0v) is 11.3. The Morgan fingerprint density at radius 3 is 2.12 bits per heavy atom. The van der Waals surface area contributed by atoms with Crippen molar-refractivity contribution in [1.82, 2.24) is 4.90 Å². The molecular weight excluding hydrogens is 246 g/mol. The summed E-state index contributed by atoms with van der Waals surface area (Å²) >= 11 is 5.71. The van der Waals surface area contributed by atoms with Crippen LogP contribution in [0.25, 0.3) is 0 Å². The van der Waals surface area contributed by atoms with Gasteiger partial charge in [-0.25, -0.2) is 9.59 Å². The number of ether oxygens (including phenoxy) is 2. The Labute approximate surface area is 106 Å². The maximum atomic E-state index is 11.6. The van der Waals surface area contributed by atoms with Gasteiger partial charge in [0.1, 0.15) is 5.76 Å². The summed E-state index contributed by atoms with van der Waals surface area (Å²) < 4.78 is 9.64. The Bertz CT molecular complexity index is 311. The summed E-state index contributed by atoms with van der Waals surface area (Å²) in [6.07, 6.45) is -0.532. The Hall–Kier alpha value is -1.23. The zero-order valence-electron chi connectivity index (χ0n) is 10.6. The molecule has 6 heteroatoms. The van der Waals surface area contributed by atoms with Crippen molar-refractivity contribution in [2.75, 3.05) is 19.7 Å². The largest absolute Gasteiger partial charge is 0.462 e. The van der Waals surface area contributed by atoms with E-state index in [4.69, 9.17) is 16.3 Å². The van der Waals surface area contributed by atoms with Gasteiger partial charge < -0.3 is 14.4 Å². The molecule has 0 rings (SSSR count). The molecule has 0 aromatic heterocycles. The molecule has 98 valence electrons. The minimum atomic E-state index is -0.695. The molecule has 0 aromatic carbocycles. The number of nitrogens with zero attached hydrogens (tertiary/aromatic N) is 1. The zero-order chi connectivity index (χ0) is 13.4. The van der Waals surface area contributed by atoms with Gasteiger partial charge in [0.05, 0.1) is 6.61 Å². The highest BCUT2D eigenvalue weighted by Crippen LogP contribution is 2.13. The molecule has 0 bridgehead atoms.